The Morgan fingerprint density at radius 1 is 0.587 bits per heavy atom. The van der Waals surface area contributed by atoms with Gasteiger partial charge in [-0.3, -0.25) is 0 Å². The van der Waals surface area contributed by atoms with E-state index in [0.29, 0.717) is 0 Å². The molecule has 46 heavy (non-hydrogen) atoms. The first-order valence-corrected chi connectivity index (χ1v) is 33.1. The van der Waals surface area contributed by atoms with Crippen molar-refractivity contribution in [2.75, 3.05) is 22.9 Å². The maximum Gasteiger partial charge on any atom is 0.0436 e. The Bertz CT molecular complexity index is 1850. The third kappa shape index (κ3) is 7.41. The number of fused-ring (bicyclic) bond motifs is 4. The fourth-order valence-corrected chi connectivity index (χ4v) is 6.77. The predicted octanol–water partition coefficient (Wildman–Crippen LogP) is 12.1. The van der Waals surface area contributed by atoms with E-state index in [9.17, 15) is 0 Å². The molecule has 0 fully saturated rings. The van der Waals surface area contributed by atoms with Gasteiger partial charge in [-0.25, -0.2) is 0 Å². The van der Waals surface area contributed by atoms with E-state index in [1.54, 1.807) is 0 Å². The molecule has 8 rings (SSSR count). The van der Waals surface area contributed by atoms with Crippen LogP contribution in [0.25, 0.3) is 21.5 Å². The first kappa shape index (κ1) is 33.3. The molecule has 6 aromatic rings. The Balaban J connectivity index is 0.000000138. The molecule has 6 aromatic carbocycles. The van der Waals surface area contributed by atoms with Crippen LogP contribution >= 0.6 is 17.2 Å². The molecule has 0 saturated heterocycles. The molecule has 2 heterocycles. The van der Waals surface area contributed by atoms with Gasteiger partial charge in [0, 0.05) is 24.5 Å². The number of aryl methyl sites for hydroxylation is 4. The third-order valence-electron chi connectivity index (χ3n) is 8.92. The minimum absolute atomic E-state index is 0.208. The van der Waals surface area contributed by atoms with E-state index in [1.807, 2.05) is 0 Å². The maximum absolute atomic E-state index is 5.64. The second-order valence-electron chi connectivity index (χ2n) is 12.7. The summed E-state index contributed by atoms with van der Waals surface area (Å²) in [5, 5.41) is 5.45. The van der Waals surface area contributed by atoms with Gasteiger partial charge in [0.25, 0.3) is 0 Å². The average Bonchev–Trinajstić information content (AvgIpc) is 3.65. The molecule has 0 aliphatic carbocycles. The molecule has 0 N–H and O–H groups in total. The SMILES string of the molecule is C[Si](C)=[Hf]([Cl])[Cl].Cc1cc2c(N3CCCc4ccccc43)cccc2[cH-]1.Cc1cc2c(N3CCCc4ccccc43)cccc2[cH-]1. The summed E-state index contributed by atoms with van der Waals surface area (Å²) in [5.74, 6) is 0. The van der Waals surface area contributed by atoms with Crippen molar-refractivity contribution in [2.45, 2.75) is 52.6 Å². The summed E-state index contributed by atoms with van der Waals surface area (Å²) in [6.07, 6.45) is 4.85. The van der Waals surface area contributed by atoms with Crippen molar-refractivity contribution in [3.63, 3.8) is 0 Å². The number of para-hydroxylation sites is 2. The van der Waals surface area contributed by atoms with Crippen LogP contribution in [0.15, 0.2) is 109 Å². The van der Waals surface area contributed by atoms with E-state index in [-0.39, 0.29) is 5.49 Å². The third-order valence-corrected chi connectivity index (χ3v) is 36.4. The number of anilines is 4. The minimum Gasteiger partial charge on any atom is -0.350 e. The molecule has 236 valence electrons. The van der Waals surface area contributed by atoms with E-state index < -0.39 is 17.7 Å². The summed E-state index contributed by atoms with van der Waals surface area (Å²) in [5.41, 5.74) is 10.9. The summed E-state index contributed by atoms with van der Waals surface area (Å²) in [7, 11) is 11.3. The molecule has 0 atom stereocenters. The standard InChI is InChI=1S/2C19H18N.C2H6Si.2ClH.Hf/c2*1-14-12-16-7-4-10-19(17(16)13-14)20-11-5-8-15-6-2-3-9-18(15)20;1-3-2;;;/h2*2-4,6-7,9-10,12-13H,5,8,11H2,1H3;1-2H3;2*1H;/q2*-1;;;;+2/p-2. The number of hydrogen-bond acceptors (Lipinski definition) is 2. The summed E-state index contributed by atoms with van der Waals surface area (Å²) in [6.45, 7) is 10.9. The van der Waals surface area contributed by atoms with E-state index in [1.165, 1.54) is 92.2 Å². The van der Waals surface area contributed by atoms with E-state index >= 15 is 0 Å². The molecule has 2 aliphatic rings. The molecule has 0 bridgehead atoms. The predicted molar refractivity (Wildman–Crippen MR) is 201 cm³/mol. The number of nitrogens with zero attached hydrogens (tertiary/aromatic N) is 2. The summed E-state index contributed by atoms with van der Waals surface area (Å²) in [6, 6.07) is 40.1. The van der Waals surface area contributed by atoms with Crippen LogP contribution in [-0.4, -0.2) is 18.6 Å². The summed E-state index contributed by atoms with van der Waals surface area (Å²) >= 11 is -1.78. The molecule has 0 aromatic heterocycles. The summed E-state index contributed by atoms with van der Waals surface area (Å²) < 4.78 is 0. The fourth-order valence-electron chi connectivity index (χ4n) is 6.77. The van der Waals surface area contributed by atoms with Crippen molar-refractivity contribution in [3.8, 4) is 0 Å². The monoisotopic (exact) mass is 828 g/mol. The Morgan fingerprint density at radius 3 is 1.39 bits per heavy atom. The van der Waals surface area contributed by atoms with Gasteiger partial charge in [-0.2, -0.15) is 12.1 Å². The van der Waals surface area contributed by atoms with Crippen molar-refractivity contribution < 1.29 is 17.7 Å². The van der Waals surface area contributed by atoms with Gasteiger partial charge in [0.15, 0.2) is 0 Å². The number of benzene rings is 4. The molecule has 6 heteroatoms. The minimum atomic E-state index is -1.78. The van der Waals surface area contributed by atoms with Crippen molar-refractivity contribution in [3.05, 3.63) is 131 Å². The van der Waals surface area contributed by atoms with Crippen molar-refractivity contribution in [1.29, 1.82) is 0 Å². The Morgan fingerprint density at radius 2 is 0.978 bits per heavy atom. The van der Waals surface area contributed by atoms with Crippen molar-refractivity contribution in [1.82, 2.24) is 0 Å². The first-order chi connectivity index (χ1) is 22.3. The molecule has 0 saturated carbocycles. The summed E-state index contributed by atoms with van der Waals surface area (Å²) in [4.78, 5) is 4.97. The second kappa shape index (κ2) is 15.1. The van der Waals surface area contributed by atoms with E-state index in [2.05, 4.69) is 146 Å². The number of halogens is 2. The zero-order chi connectivity index (χ0) is 32.2. The van der Waals surface area contributed by atoms with Gasteiger partial charge in [-0.15, -0.1) is 69.1 Å². The van der Waals surface area contributed by atoms with Gasteiger partial charge in [-0.1, -0.05) is 62.4 Å². The topological polar surface area (TPSA) is 6.48 Å². The normalized spacial score (nSPS) is 13.7. The van der Waals surface area contributed by atoms with Crippen molar-refractivity contribution >= 4 is 66.9 Å². The average molecular weight is 828 g/mol. The zero-order valence-electron chi connectivity index (χ0n) is 27.3. The van der Waals surface area contributed by atoms with Crippen LogP contribution in [0.5, 0.6) is 0 Å². The van der Waals surface area contributed by atoms with Gasteiger partial charge < -0.3 is 9.80 Å². The van der Waals surface area contributed by atoms with Gasteiger partial charge in [0.05, 0.1) is 0 Å². The van der Waals surface area contributed by atoms with E-state index in [4.69, 9.17) is 17.2 Å². The van der Waals surface area contributed by atoms with Crippen LogP contribution in [0.2, 0.25) is 13.1 Å². The zero-order valence-corrected chi connectivity index (χ0v) is 33.4. The molecule has 2 nitrogen and oxygen atoms in total. The quantitative estimate of drug-likeness (QED) is 0.127. The van der Waals surface area contributed by atoms with Crippen LogP contribution in [0, 0.1) is 13.8 Å². The van der Waals surface area contributed by atoms with Gasteiger partial charge in [-0.05, 0) is 60.3 Å². The van der Waals surface area contributed by atoms with Crippen LogP contribution in [0.4, 0.5) is 22.7 Å². The Labute approximate surface area is 289 Å². The van der Waals surface area contributed by atoms with Crippen LogP contribution in [-0.2, 0) is 30.5 Å². The van der Waals surface area contributed by atoms with Gasteiger partial charge in [0.2, 0.25) is 0 Å². The largest absolute Gasteiger partial charge is 0.350 e. The molecular weight excluding hydrogens is 786 g/mol. The van der Waals surface area contributed by atoms with Crippen LogP contribution < -0.4 is 9.80 Å². The van der Waals surface area contributed by atoms with Gasteiger partial charge in [0.1, 0.15) is 0 Å². The molecule has 2 aliphatic heterocycles. The van der Waals surface area contributed by atoms with Crippen molar-refractivity contribution in [2.24, 2.45) is 0 Å². The Kier molecular flexibility index (Phi) is 10.9. The molecular formula is C40H42Cl2HfN2Si-2. The van der Waals surface area contributed by atoms with Crippen LogP contribution in [0.3, 0.4) is 0 Å². The molecule has 0 spiro atoms. The molecule has 0 unspecified atom stereocenters. The van der Waals surface area contributed by atoms with Crippen LogP contribution in [0.1, 0.15) is 35.1 Å². The number of hydrogen-bond donors (Lipinski definition) is 0. The second-order valence-corrected chi connectivity index (χ2v) is 44.4. The Hall–Kier alpha value is -2.63. The molecule has 0 amide bonds. The molecule has 0 radical (unpaired) electrons. The number of rotatable bonds is 2. The fraction of sp³-hybridized carbons (Fsp3) is 0.250. The smallest absolute Gasteiger partial charge is 0.0436 e. The maximum atomic E-state index is 5.64. The van der Waals surface area contributed by atoms with E-state index in [0.717, 1.165) is 13.1 Å². The first-order valence-electron chi connectivity index (χ1n) is 16.3. The van der Waals surface area contributed by atoms with Gasteiger partial charge >= 0.3 is 53.4 Å².